The Morgan fingerprint density at radius 2 is 1.80 bits per heavy atom. The number of aromatic nitrogens is 4. The van der Waals surface area contributed by atoms with Crippen molar-refractivity contribution >= 4 is 23.1 Å². The number of methoxy groups -OCH3 is 2. The highest BCUT2D eigenvalue weighted by molar-refractivity contribution is 7.98. The number of thioether (sulfide) groups is 1. The summed E-state index contributed by atoms with van der Waals surface area (Å²) in [7, 11) is 5.28. The number of rotatable bonds is 8. The Morgan fingerprint density at radius 3 is 2.57 bits per heavy atom. The maximum atomic E-state index is 5.40. The fourth-order valence-corrected chi connectivity index (χ4v) is 4.76. The predicted molar refractivity (Wildman–Crippen MR) is 120 cm³/mol. The van der Waals surface area contributed by atoms with Crippen LogP contribution in [-0.2, 0) is 19.2 Å². The van der Waals surface area contributed by atoms with Crippen molar-refractivity contribution in [1.29, 1.82) is 0 Å². The third kappa shape index (κ3) is 4.49. The summed E-state index contributed by atoms with van der Waals surface area (Å²) in [5.41, 5.74) is 3.25. The Labute approximate surface area is 183 Å². The monoisotopic (exact) mass is 438 g/mol. The molecule has 4 aromatic rings. The molecular formula is C22H22N4O2S2. The number of ether oxygens (including phenoxy) is 2. The van der Waals surface area contributed by atoms with E-state index in [2.05, 4.69) is 32.3 Å². The summed E-state index contributed by atoms with van der Waals surface area (Å²) in [4.78, 5) is 4.77. The largest absolute Gasteiger partial charge is 0.493 e. The summed E-state index contributed by atoms with van der Waals surface area (Å²) in [6, 6.07) is 16.2. The van der Waals surface area contributed by atoms with Gasteiger partial charge in [-0.15, -0.1) is 21.5 Å². The van der Waals surface area contributed by atoms with E-state index in [4.69, 9.17) is 14.5 Å². The van der Waals surface area contributed by atoms with Crippen molar-refractivity contribution in [3.8, 4) is 22.1 Å². The highest BCUT2D eigenvalue weighted by Crippen LogP contribution is 2.34. The topological polar surface area (TPSA) is 62.1 Å². The summed E-state index contributed by atoms with van der Waals surface area (Å²) < 4.78 is 12.8. The van der Waals surface area contributed by atoms with Gasteiger partial charge in [0.1, 0.15) is 10.8 Å². The first kappa shape index (κ1) is 20.4. The fraction of sp³-hybridized carbons (Fsp3) is 0.227. The molecule has 0 radical (unpaired) electrons. The van der Waals surface area contributed by atoms with Crippen molar-refractivity contribution in [1.82, 2.24) is 19.7 Å². The Hall–Kier alpha value is -2.84. The molecule has 0 aliphatic heterocycles. The predicted octanol–water partition coefficient (Wildman–Crippen LogP) is 4.84. The lowest BCUT2D eigenvalue weighted by molar-refractivity contribution is 0.355. The summed E-state index contributed by atoms with van der Waals surface area (Å²) in [5.74, 6) is 3.10. The highest BCUT2D eigenvalue weighted by Gasteiger charge is 2.13. The van der Waals surface area contributed by atoms with Gasteiger partial charge < -0.3 is 14.0 Å². The fourth-order valence-electron chi connectivity index (χ4n) is 3.02. The van der Waals surface area contributed by atoms with Gasteiger partial charge in [0.05, 0.1) is 19.9 Å². The van der Waals surface area contributed by atoms with E-state index in [1.165, 1.54) is 5.56 Å². The third-order valence-electron chi connectivity index (χ3n) is 4.66. The van der Waals surface area contributed by atoms with Gasteiger partial charge in [0.15, 0.2) is 16.7 Å². The van der Waals surface area contributed by atoms with Crippen LogP contribution in [0.15, 0.2) is 59.1 Å². The second kappa shape index (κ2) is 9.32. The molecule has 2 aromatic carbocycles. The Balaban J connectivity index is 1.43. The normalized spacial score (nSPS) is 10.9. The lowest BCUT2D eigenvalue weighted by Crippen LogP contribution is -2.00. The standard InChI is InChI=1S/C22H22N4O2S2/c1-26-20(11-15-7-5-4-6-8-15)24-25-22(26)30-14-17-13-29-21(23-17)16-9-10-18(27-2)19(12-16)28-3/h4-10,12-13H,11,14H2,1-3H3. The van der Waals surface area contributed by atoms with E-state index >= 15 is 0 Å². The lowest BCUT2D eigenvalue weighted by atomic mass is 10.1. The zero-order valence-corrected chi connectivity index (χ0v) is 18.7. The molecule has 0 aliphatic carbocycles. The van der Waals surface area contributed by atoms with Gasteiger partial charge in [-0.05, 0) is 23.8 Å². The van der Waals surface area contributed by atoms with E-state index in [9.17, 15) is 0 Å². The van der Waals surface area contributed by atoms with Crippen molar-refractivity contribution in [3.05, 3.63) is 71.0 Å². The molecule has 154 valence electrons. The van der Waals surface area contributed by atoms with E-state index in [1.807, 2.05) is 43.4 Å². The second-order valence-electron chi connectivity index (χ2n) is 6.62. The molecule has 0 unspecified atom stereocenters. The summed E-state index contributed by atoms with van der Waals surface area (Å²) in [6.07, 6.45) is 0.769. The van der Waals surface area contributed by atoms with Crippen LogP contribution in [0.2, 0.25) is 0 Å². The van der Waals surface area contributed by atoms with Gasteiger partial charge in [-0.25, -0.2) is 4.98 Å². The SMILES string of the molecule is COc1ccc(-c2nc(CSc3nnc(Cc4ccccc4)n3C)cs2)cc1OC. The molecule has 0 aliphatic rings. The number of hydrogen-bond donors (Lipinski definition) is 0. The van der Waals surface area contributed by atoms with Gasteiger partial charge in [0.25, 0.3) is 0 Å². The van der Waals surface area contributed by atoms with Crippen LogP contribution in [0.4, 0.5) is 0 Å². The first-order valence-corrected chi connectivity index (χ1v) is 11.3. The molecule has 0 atom stereocenters. The average Bonchev–Trinajstić information content (AvgIpc) is 3.40. The molecule has 0 bridgehead atoms. The van der Waals surface area contributed by atoms with Gasteiger partial charge in [-0.3, -0.25) is 0 Å². The summed E-state index contributed by atoms with van der Waals surface area (Å²) in [5, 5.41) is 12.6. The van der Waals surface area contributed by atoms with Crippen LogP contribution in [0, 0.1) is 0 Å². The lowest BCUT2D eigenvalue weighted by Gasteiger charge is -2.08. The molecular weight excluding hydrogens is 416 g/mol. The van der Waals surface area contributed by atoms with Gasteiger partial charge in [-0.1, -0.05) is 42.1 Å². The average molecular weight is 439 g/mol. The van der Waals surface area contributed by atoms with Crippen LogP contribution in [-0.4, -0.2) is 34.0 Å². The Morgan fingerprint density at radius 1 is 1.00 bits per heavy atom. The van der Waals surface area contributed by atoms with Crippen LogP contribution >= 0.6 is 23.1 Å². The van der Waals surface area contributed by atoms with Crippen LogP contribution in [0.3, 0.4) is 0 Å². The third-order valence-corrected chi connectivity index (χ3v) is 6.66. The van der Waals surface area contributed by atoms with Crippen molar-refractivity contribution in [2.24, 2.45) is 7.05 Å². The molecule has 2 aromatic heterocycles. The molecule has 6 nitrogen and oxygen atoms in total. The molecule has 4 rings (SSSR count). The molecule has 0 amide bonds. The van der Waals surface area contributed by atoms with E-state index in [-0.39, 0.29) is 0 Å². The van der Waals surface area contributed by atoms with E-state index < -0.39 is 0 Å². The molecule has 0 spiro atoms. The quantitative estimate of drug-likeness (QED) is 0.367. The smallest absolute Gasteiger partial charge is 0.191 e. The Kier molecular flexibility index (Phi) is 6.35. The first-order chi connectivity index (χ1) is 14.7. The van der Waals surface area contributed by atoms with Crippen LogP contribution < -0.4 is 9.47 Å². The summed E-state index contributed by atoms with van der Waals surface area (Å²) >= 11 is 3.26. The van der Waals surface area contributed by atoms with Crippen molar-refractivity contribution in [2.45, 2.75) is 17.3 Å². The maximum Gasteiger partial charge on any atom is 0.191 e. The molecule has 30 heavy (non-hydrogen) atoms. The van der Waals surface area contributed by atoms with Crippen molar-refractivity contribution < 1.29 is 9.47 Å². The van der Waals surface area contributed by atoms with Gasteiger partial charge in [-0.2, -0.15) is 0 Å². The van der Waals surface area contributed by atoms with Crippen LogP contribution in [0.25, 0.3) is 10.6 Å². The number of hydrogen-bond acceptors (Lipinski definition) is 7. The first-order valence-electron chi connectivity index (χ1n) is 9.39. The molecule has 0 fully saturated rings. The van der Waals surface area contributed by atoms with E-state index in [1.54, 1.807) is 37.3 Å². The molecule has 0 saturated heterocycles. The Bertz CT molecular complexity index is 1130. The minimum absolute atomic E-state index is 0.700. The summed E-state index contributed by atoms with van der Waals surface area (Å²) in [6.45, 7) is 0. The number of thiazole rings is 1. The van der Waals surface area contributed by atoms with Crippen LogP contribution in [0.5, 0.6) is 11.5 Å². The number of nitrogens with zero attached hydrogens (tertiary/aromatic N) is 4. The zero-order valence-electron chi connectivity index (χ0n) is 17.0. The van der Waals surface area contributed by atoms with Gasteiger partial charge >= 0.3 is 0 Å². The zero-order chi connectivity index (χ0) is 20.9. The maximum absolute atomic E-state index is 5.40. The van der Waals surface area contributed by atoms with Crippen molar-refractivity contribution in [3.63, 3.8) is 0 Å². The van der Waals surface area contributed by atoms with E-state index in [0.717, 1.165) is 39.4 Å². The van der Waals surface area contributed by atoms with E-state index in [0.29, 0.717) is 11.5 Å². The second-order valence-corrected chi connectivity index (χ2v) is 8.42. The van der Waals surface area contributed by atoms with Crippen molar-refractivity contribution in [2.75, 3.05) is 14.2 Å². The van der Waals surface area contributed by atoms with Gasteiger partial charge in [0.2, 0.25) is 0 Å². The highest BCUT2D eigenvalue weighted by atomic mass is 32.2. The minimum Gasteiger partial charge on any atom is -0.493 e. The van der Waals surface area contributed by atoms with Gasteiger partial charge in [0, 0.05) is 30.2 Å². The number of benzene rings is 2. The molecule has 0 N–H and O–H groups in total. The van der Waals surface area contributed by atoms with Crippen LogP contribution in [0.1, 0.15) is 17.1 Å². The molecule has 2 heterocycles. The molecule has 0 saturated carbocycles. The molecule has 8 heteroatoms. The minimum atomic E-state index is 0.700.